The van der Waals surface area contributed by atoms with E-state index in [2.05, 4.69) is 44.3 Å². The lowest BCUT2D eigenvalue weighted by molar-refractivity contribution is 0.594. The van der Waals surface area contributed by atoms with Crippen molar-refractivity contribution >= 4 is 11.8 Å². The molecule has 0 spiro atoms. The van der Waals surface area contributed by atoms with Gasteiger partial charge >= 0.3 is 0 Å². The van der Waals surface area contributed by atoms with Crippen molar-refractivity contribution in [3.05, 3.63) is 65.0 Å². The highest BCUT2D eigenvalue weighted by atomic mass is 32.2. The van der Waals surface area contributed by atoms with Crippen LogP contribution in [0.4, 0.5) is 4.39 Å². The zero-order chi connectivity index (χ0) is 15.2. The Bertz CT molecular complexity index is 598. The minimum atomic E-state index is -0.140. The van der Waals surface area contributed by atoms with E-state index in [1.165, 1.54) is 22.8 Å². The summed E-state index contributed by atoms with van der Waals surface area (Å²) in [4.78, 5) is 0.713. The smallest absolute Gasteiger partial charge is 0.136 e. The summed E-state index contributed by atoms with van der Waals surface area (Å²) in [5.41, 5.74) is 3.86. The Morgan fingerprint density at radius 2 is 1.90 bits per heavy atom. The number of nitrogens with one attached hydrogen (secondary N) is 1. The fraction of sp³-hybridized carbons (Fsp3) is 0.333. The van der Waals surface area contributed by atoms with Crippen LogP contribution in [0.5, 0.6) is 0 Å². The molecule has 2 aromatic carbocycles. The third-order valence-electron chi connectivity index (χ3n) is 3.49. The summed E-state index contributed by atoms with van der Waals surface area (Å²) in [5.74, 6) is 0.678. The van der Waals surface area contributed by atoms with Gasteiger partial charge in [-0.1, -0.05) is 42.8 Å². The van der Waals surface area contributed by atoms with Gasteiger partial charge in [-0.05, 0) is 43.7 Å². The average Bonchev–Trinajstić information content (AvgIpc) is 2.45. The van der Waals surface area contributed by atoms with Crippen LogP contribution in [-0.2, 0) is 0 Å². The molecule has 0 bridgehead atoms. The summed E-state index contributed by atoms with van der Waals surface area (Å²) >= 11 is 1.57. The molecule has 3 heteroatoms. The normalized spacial score (nSPS) is 12.4. The van der Waals surface area contributed by atoms with Crippen LogP contribution in [-0.4, -0.2) is 12.3 Å². The minimum Gasteiger partial charge on any atom is -0.309 e. The SMILES string of the molecule is CCNC(CSc1ccccc1F)c1ccc(C)cc1C. The second-order valence-electron chi connectivity index (χ2n) is 5.21. The van der Waals surface area contributed by atoms with Crippen LogP contribution in [0.2, 0.25) is 0 Å². The fourth-order valence-corrected chi connectivity index (χ4v) is 3.48. The number of rotatable bonds is 6. The first-order valence-corrected chi connectivity index (χ1v) is 8.28. The zero-order valence-corrected chi connectivity index (χ0v) is 13.6. The summed E-state index contributed by atoms with van der Waals surface area (Å²) < 4.78 is 13.7. The molecule has 112 valence electrons. The van der Waals surface area contributed by atoms with Crippen molar-refractivity contribution in [2.24, 2.45) is 0 Å². The van der Waals surface area contributed by atoms with Crippen LogP contribution in [0.15, 0.2) is 47.4 Å². The Morgan fingerprint density at radius 1 is 1.14 bits per heavy atom. The second kappa shape index (κ2) is 7.62. The topological polar surface area (TPSA) is 12.0 Å². The highest BCUT2D eigenvalue weighted by Crippen LogP contribution is 2.28. The molecule has 2 rings (SSSR count). The molecule has 0 radical (unpaired) electrons. The maximum Gasteiger partial charge on any atom is 0.136 e. The van der Waals surface area contributed by atoms with Gasteiger partial charge in [0.05, 0.1) is 0 Å². The van der Waals surface area contributed by atoms with E-state index in [1.54, 1.807) is 17.8 Å². The highest BCUT2D eigenvalue weighted by Gasteiger charge is 2.14. The van der Waals surface area contributed by atoms with E-state index in [4.69, 9.17) is 0 Å². The summed E-state index contributed by atoms with van der Waals surface area (Å²) in [6.45, 7) is 7.24. The third kappa shape index (κ3) is 4.32. The van der Waals surface area contributed by atoms with Gasteiger partial charge in [-0.25, -0.2) is 4.39 Å². The minimum absolute atomic E-state index is 0.140. The molecule has 1 unspecified atom stereocenters. The van der Waals surface area contributed by atoms with Crippen LogP contribution in [0.1, 0.15) is 29.7 Å². The summed E-state index contributed by atoms with van der Waals surface area (Å²) in [6, 6.07) is 13.7. The summed E-state index contributed by atoms with van der Waals surface area (Å²) in [7, 11) is 0. The standard InChI is InChI=1S/C18H22FNS/c1-4-20-17(15-10-9-13(2)11-14(15)3)12-21-18-8-6-5-7-16(18)19/h5-11,17,20H,4,12H2,1-3H3. The van der Waals surface area contributed by atoms with Gasteiger partial charge in [-0.15, -0.1) is 11.8 Å². The highest BCUT2D eigenvalue weighted by molar-refractivity contribution is 7.99. The van der Waals surface area contributed by atoms with Gasteiger partial charge in [0.1, 0.15) is 5.82 Å². The second-order valence-corrected chi connectivity index (χ2v) is 6.27. The molecule has 0 saturated carbocycles. The van der Waals surface area contributed by atoms with E-state index in [0.29, 0.717) is 4.90 Å². The molecule has 1 atom stereocenters. The van der Waals surface area contributed by atoms with Gasteiger partial charge in [-0.2, -0.15) is 0 Å². The van der Waals surface area contributed by atoms with E-state index in [9.17, 15) is 4.39 Å². The van der Waals surface area contributed by atoms with Crippen LogP contribution >= 0.6 is 11.8 Å². The lowest BCUT2D eigenvalue weighted by atomic mass is 10.0. The van der Waals surface area contributed by atoms with Gasteiger partial charge in [0.25, 0.3) is 0 Å². The molecule has 2 aromatic rings. The van der Waals surface area contributed by atoms with Crippen molar-refractivity contribution in [2.75, 3.05) is 12.3 Å². The molecule has 1 N–H and O–H groups in total. The van der Waals surface area contributed by atoms with E-state index in [1.807, 2.05) is 12.1 Å². The van der Waals surface area contributed by atoms with Crippen molar-refractivity contribution < 1.29 is 4.39 Å². The number of hydrogen-bond acceptors (Lipinski definition) is 2. The maximum atomic E-state index is 13.7. The predicted molar refractivity (Wildman–Crippen MR) is 89.5 cm³/mol. The van der Waals surface area contributed by atoms with Crippen molar-refractivity contribution in [2.45, 2.75) is 31.7 Å². The number of benzene rings is 2. The van der Waals surface area contributed by atoms with Gasteiger partial charge in [0, 0.05) is 16.7 Å². The van der Waals surface area contributed by atoms with Crippen molar-refractivity contribution in [3.8, 4) is 0 Å². The van der Waals surface area contributed by atoms with Crippen LogP contribution in [0.3, 0.4) is 0 Å². The lowest BCUT2D eigenvalue weighted by Crippen LogP contribution is -2.23. The molecule has 0 aliphatic carbocycles. The molecule has 0 amide bonds. The number of thioether (sulfide) groups is 1. The Balaban J connectivity index is 2.14. The Kier molecular flexibility index (Phi) is 5.83. The quantitative estimate of drug-likeness (QED) is 0.763. The molecule has 0 heterocycles. The van der Waals surface area contributed by atoms with Crippen molar-refractivity contribution in [1.82, 2.24) is 5.32 Å². The first-order valence-electron chi connectivity index (χ1n) is 7.29. The van der Waals surface area contributed by atoms with Crippen LogP contribution in [0.25, 0.3) is 0 Å². The molecule has 21 heavy (non-hydrogen) atoms. The third-order valence-corrected chi connectivity index (χ3v) is 4.64. The van der Waals surface area contributed by atoms with E-state index in [-0.39, 0.29) is 11.9 Å². The maximum absolute atomic E-state index is 13.7. The van der Waals surface area contributed by atoms with E-state index < -0.39 is 0 Å². The monoisotopic (exact) mass is 303 g/mol. The predicted octanol–water partition coefficient (Wildman–Crippen LogP) is 4.89. The van der Waals surface area contributed by atoms with Gasteiger partial charge in [0.15, 0.2) is 0 Å². The summed E-state index contributed by atoms with van der Waals surface area (Å²) in [5, 5.41) is 3.51. The van der Waals surface area contributed by atoms with E-state index >= 15 is 0 Å². The first kappa shape index (κ1) is 16.1. The lowest BCUT2D eigenvalue weighted by Gasteiger charge is -2.20. The Morgan fingerprint density at radius 3 is 2.57 bits per heavy atom. The average molecular weight is 303 g/mol. The van der Waals surface area contributed by atoms with Gasteiger partial charge in [-0.3, -0.25) is 0 Å². The molecular formula is C18H22FNS. The number of halogens is 1. The van der Waals surface area contributed by atoms with Gasteiger partial charge in [0.2, 0.25) is 0 Å². The molecular weight excluding hydrogens is 281 g/mol. The van der Waals surface area contributed by atoms with Crippen LogP contribution in [0, 0.1) is 19.7 Å². The fourth-order valence-electron chi connectivity index (χ4n) is 2.46. The van der Waals surface area contributed by atoms with Gasteiger partial charge < -0.3 is 5.32 Å². The van der Waals surface area contributed by atoms with Crippen molar-refractivity contribution in [3.63, 3.8) is 0 Å². The zero-order valence-electron chi connectivity index (χ0n) is 12.8. The Hall–Kier alpha value is -1.32. The van der Waals surface area contributed by atoms with Crippen molar-refractivity contribution in [1.29, 1.82) is 0 Å². The number of hydrogen-bond donors (Lipinski definition) is 1. The molecule has 0 aliphatic rings. The Labute approximate surface area is 131 Å². The summed E-state index contributed by atoms with van der Waals surface area (Å²) in [6.07, 6.45) is 0. The molecule has 0 aliphatic heterocycles. The first-order chi connectivity index (χ1) is 10.1. The molecule has 0 fully saturated rings. The largest absolute Gasteiger partial charge is 0.309 e. The molecule has 1 nitrogen and oxygen atoms in total. The van der Waals surface area contributed by atoms with Crippen LogP contribution < -0.4 is 5.32 Å². The molecule has 0 aromatic heterocycles. The molecule has 0 saturated heterocycles. The number of aryl methyl sites for hydroxylation is 2. The van der Waals surface area contributed by atoms with E-state index in [0.717, 1.165) is 12.3 Å².